The minimum absolute atomic E-state index is 0.224. The number of halogens is 1. The van der Waals surface area contributed by atoms with Crippen LogP contribution in [0, 0.1) is 0 Å². The van der Waals surface area contributed by atoms with Crippen LogP contribution in [0.1, 0.15) is 23.1 Å². The number of sulfone groups is 1. The van der Waals surface area contributed by atoms with Gasteiger partial charge in [-0.3, -0.25) is 10.9 Å². The van der Waals surface area contributed by atoms with Gasteiger partial charge in [-0.15, -0.1) is 0 Å². The maximum absolute atomic E-state index is 12.3. The number of nitrogens with zero attached hydrogens (tertiary/aromatic N) is 1. The SMILES string of the molecule is CN1CCCc2cc(Oc3cc(Cl)ccc3CCNNCCc3ccc(S(C)(=O)=O)cc3Oc3ccc4ccccc4c3)ccc21. The van der Waals surface area contributed by atoms with Crippen LogP contribution in [0.4, 0.5) is 5.69 Å². The van der Waals surface area contributed by atoms with Crippen molar-refractivity contribution < 1.29 is 17.9 Å². The second-order valence-corrected chi connectivity index (χ2v) is 14.1. The van der Waals surface area contributed by atoms with Crippen LogP contribution < -0.4 is 25.2 Å². The summed E-state index contributed by atoms with van der Waals surface area (Å²) in [7, 11) is -1.26. The van der Waals surface area contributed by atoms with Crippen molar-refractivity contribution in [3.63, 3.8) is 0 Å². The lowest BCUT2D eigenvalue weighted by molar-refractivity contribution is 0.466. The molecular weight excluding hydrogens is 618 g/mol. The van der Waals surface area contributed by atoms with Gasteiger partial charge in [0, 0.05) is 43.6 Å². The van der Waals surface area contributed by atoms with Crippen molar-refractivity contribution >= 4 is 37.9 Å². The first-order valence-corrected chi connectivity index (χ1v) is 17.8. The number of anilines is 1. The van der Waals surface area contributed by atoms with Gasteiger partial charge in [0.1, 0.15) is 23.0 Å². The Balaban J connectivity index is 1.06. The Morgan fingerprint density at radius 3 is 2.15 bits per heavy atom. The van der Waals surface area contributed by atoms with E-state index in [-0.39, 0.29) is 4.90 Å². The average molecular weight is 656 g/mol. The monoisotopic (exact) mass is 655 g/mol. The molecule has 6 rings (SSSR count). The number of hydrazine groups is 1. The highest BCUT2D eigenvalue weighted by Gasteiger charge is 2.16. The Morgan fingerprint density at radius 2 is 1.41 bits per heavy atom. The first-order chi connectivity index (χ1) is 22.2. The molecular formula is C37H38ClN3O4S. The molecule has 0 aromatic heterocycles. The van der Waals surface area contributed by atoms with Gasteiger partial charge >= 0.3 is 0 Å². The van der Waals surface area contributed by atoms with E-state index < -0.39 is 9.84 Å². The van der Waals surface area contributed by atoms with E-state index in [4.69, 9.17) is 21.1 Å². The third kappa shape index (κ3) is 7.82. The summed E-state index contributed by atoms with van der Waals surface area (Å²) in [6, 6.07) is 31.0. The van der Waals surface area contributed by atoms with E-state index in [1.54, 1.807) is 12.1 Å². The van der Waals surface area contributed by atoms with Crippen LogP contribution in [-0.4, -0.2) is 41.4 Å². The van der Waals surface area contributed by atoms with Crippen LogP contribution in [0.15, 0.2) is 102 Å². The summed E-state index contributed by atoms with van der Waals surface area (Å²) in [5, 5.41) is 2.79. The van der Waals surface area contributed by atoms with Gasteiger partial charge in [0.15, 0.2) is 9.84 Å². The van der Waals surface area contributed by atoms with Gasteiger partial charge in [-0.1, -0.05) is 54.1 Å². The Bertz CT molecular complexity index is 1960. The van der Waals surface area contributed by atoms with Crippen LogP contribution in [0.3, 0.4) is 0 Å². The molecule has 0 unspecified atom stereocenters. The Morgan fingerprint density at radius 1 is 0.761 bits per heavy atom. The molecule has 0 atom stereocenters. The number of hydrogen-bond donors (Lipinski definition) is 2. The maximum atomic E-state index is 12.3. The molecule has 0 saturated carbocycles. The molecule has 0 fully saturated rings. The van der Waals surface area contributed by atoms with E-state index in [2.05, 4.69) is 34.9 Å². The van der Waals surface area contributed by atoms with Gasteiger partial charge in [-0.25, -0.2) is 8.42 Å². The molecule has 9 heteroatoms. The van der Waals surface area contributed by atoms with Crippen molar-refractivity contribution in [3.8, 4) is 23.0 Å². The highest BCUT2D eigenvalue weighted by Crippen LogP contribution is 2.34. The molecule has 5 aromatic rings. The van der Waals surface area contributed by atoms with Crippen molar-refractivity contribution in [2.45, 2.75) is 30.6 Å². The lowest BCUT2D eigenvalue weighted by Gasteiger charge is -2.27. The summed E-state index contributed by atoms with van der Waals surface area (Å²) >= 11 is 6.34. The molecule has 1 heterocycles. The van der Waals surface area contributed by atoms with Crippen LogP contribution in [-0.2, 0) is 29.1 Å². The molecule has 7 nitrogen and oxygen atoms in total. The van der Waals surface area contributed by atoms with Gasteiger partial charge in [0.25, 0.3) is 0 Å². The summed E-state index contributed by atoms with van der Waals surface area (Å²) in [6.45, 7) is 2.35. The van der Waals surface area contributed by atoms with E-state index in [0.717, 1.165) is 59.2 Å². The summed E-state index contributed by atoms with van der Waals surface area (Å²) in [4.78, 5) is 2.51. The molecule has 0 amide bonds. The number of hydrogen-bond acceptors (Lipinski definition) is 7. The number of aryl methyl sites for hydroxylation is 1. The highest BCUT2D eigenvalue weighted by molar-refractivity contribution is 7.90. The smallest absolute Gasteiger partial charge is 0.175 e. The minimum Gasteiger partial charge on any atom is -0.457 e. The summed E-state index contributed by atoms with van der Waals surface area (Å²) in [6.07, 6.45) is 4.75. The van der Waals surface area contributed by atoms with Gasteiger partial charge in [-0.2, -0.15) is 0 Å². The van der Waals surface area contributed by atoms with E-state index in [1.165, 1.54) is 17.5 Å². The quantitative estimate of drug-likeness (QED) is 0.105. The topological polar surface area (TPSA) is 79.9 Å². The molecule has 0 saturated heterocycles. The second kappa shape index (κ2) is 14.1. The predicted molar refractivity (Wildman–Crippen MR) is 187 cm³/mol. The second-order valence-electron chi connectivity index (χ2n) is 11.7. The molecule has 238 valence electrons. The van der Waals surface area contributed by atoms with Crippen LogP contribution >= 0.6 is 11.6 Å². The largest absolute Gasteiger partial charge is 0.457 e. The molecule has 0 radical (unpaired) electrons. The van der Waals surface area contributed by atoms with Crippen molar-refractivity contribution in [2.24, 2.45) is 0 Å². The first-order valence-electron chi connectivity index (χ1n) is 15.5. The van der Waals surface area contributed by atoms with E-state index in [0.29, 0.717) is 36.0 Å². The van der Waals surface area contributed by atoms with Crippen molar-refractivity contribution in [1.82, 2.24) is 10.9 Å². The predicted octanol–water partition coefficient (Wildman–Crippen LogP) is 7.74. The minimum atomic E-state index is -3.39. The standard InChI is InChI=1S/C37H38ClN3O4S/c1-41-21-5-8-30-23-33(14-16-35(30)41)44-36-24-31(38)12-9-27(36)17-19-39-40-20-18-28-11-15-34(46(2,42)43)25-37(28)45-32-13-10-26-6-3-4-7-29(26)22-32/h3-4,6-7,9-16,22-25,39-40H,5,8,17-21H2,1-2H3. The third-order valence-electron chi connectivity index (χ3n) is 8.24. The van der Waals surface area contributed by atoms with Gasteiger partial charge in [0.05, 0.1) is 4.90 Å². The van der Waals surface area contributed by atoms with Gasteiger partial charge < -0.3 is 14.4 Å². The molecule has 0 bridgehead atoms. The molecule has 1 aliphatic heterocycles. The van der Waals surface area contributed by atoms with Crippen LogP contribution in [0.5, 0.6) is 23.0 Å². The fourth-order valence-corrected chi connectivity index (χ4v) is 6.58. The summed E-state index contributed by atoms with van der Waals surface area (Å²) in [5.74, 6) is 2.74. The zero-order valence-corrected chi connectivity index (χ0v) is 27.6. The molecule has 0 aliphatic carbocycles. The normalized spacial score (nSPS) is 13.1. The van der Waals surface area contributed by atoms with Crippen molar-refractivity contribution in [1.29, 1.82) is 0 Å². The average Bonchev–Trinajstić information content (AvgIpc) is 3.03. The molecule has 5 aromatic carbocycles. The Labute approximate surface area is 276 Å². The zero-order chi connectivity index (χ0) is 32.1. The fraction of sp³-hybridized carbons (Fsp3) is 0.243. The molecule has 1 aliphatic rings. The zero-order valence-electron chi connectivity index (χ0n) is 26.1. The number of rotatable bonds is 12. The van der Waals surface area contributed by atoms with Crippen molar-refractivity contribution in [3.05, 3.63) is 119 Å². The van der Waals surface area contributed by atoms with E-state index >= 15 is 0 Å². The Hall–Kier alpha value is -4.08. The van der Waals surface area contributed by atoms with E-state index in [1.807, 2.05) is 72.8 Å². The molecule has 0 spiro atoms. The van der Waals surface area contributed by atoms with Crippen molar-refractivity contribution in [2.75, 3.05) is 37.8 Å². The number of benzene rings is 5. The molecule has 2 N–H and O–H groups in total. The van der Waals surface area contributed by atoms with E-state index in [9.17, 15) is 8.42 Å². The number of fused-ring (bicyclic) bond motifs is 2. The van der Waals surface area contributed by atoms with Gasteiger partial charge in [0.2, 0.25) is 0 Å². The summed E-state index contributed by atoms with van der Waals surface area (Å²) < 4.78 is 37.2. The maximum Gasteiger partial charge on any atom is 0.175 e. The van der Waals surface area contributed by atoms with Crippen LogP contribution in [0.25, 0.3) is 10.8 Å². The summed E-state index contributed by atoms with van der Waals surface area (Å²) in [5.41, 5.74) is 11.1. The fourth-order valence-electron chi connectivity index (χ4n) is 5.78. The molecule has 46 heavy (non-hydrogen) atoms. The first kappa shape index (κ1) is 31.9. The Kier molecular flexibility index (Phi) is 9.80. The number of nitrogens with one attached hydrogen (secondary N) is 2. The highest BCUT2D eigenvalue weighted by atomic mass is 35.5. The lowest BCUT2D eigenvalue weighted by Crippen LogP contribution is -2.35. The number of ether oxygens (including phenoxy) is 2. The van der Waals surface area contributed by atoms with Gasteiger partial charge in [-0.05, 0) is 108 Å². The third-order valence-corrected chi connectivity index (χ3v) is 9.58. The lowest BCUT2D eigenvalue weighted by atomic mass is 10.0. The van der Waals surface area contributed by atoms with Crippen LogP contribution in [0.2, 0.25) is 5.02 Å².